The number of carbonyl (C=O) groups is 9. The molecule has 6 aromatic rings. The third kappa shape index (κ3) is 27.2. The normalized spacial score (nSPS) is 14.7. The fraction of sp³-hybridized carbons (Fsp3) is 0.478. The average Bonchev–Trinajstić information content (AvgIpc) is 1.51. The summed E-state index contributed by atoms with van der Waals surface area (Å²) in [6, 6.07) is 12.2. The second-order valence-electron chi connectivity index (χ2n) is 25.6. The fourth-order valence-corrected chi connectivity index (χ4v) is 11.4. The minimum Gasteiger partial charge on any atom is -0.508 e. The first-order valence-corrected chi connectivity index (χ1v) is 35.0. The Balaban J connectivity index is 0.000000389. The number of imidazole rings is 2. The molecule has 3 aromatic carbocycles. The summed E-state index contributed by atoms with van der Waals surface area (Å²) >= 11 is 6.26. The number of aliphatic imine (C=N–C) groups is 2. The number of nitrogens with one attached hydrogen (secondary N) is 7. The molecule has 1 fully saturated rings. The first kappa shape index (κ1) is 85.5. The summed E-state index contributed by atoms with van der Waals surface area (Å²) in [7, 11) is 0. The van der Waals surface area contributed by atoms with Gasteiger partial charge in [0.2, 0.25) is 41.3 Å². The minimum absolute atomic E-state index is 0.0129. The molecule has 6 amide bonds. The zero-order valence-corrected chi connectivity index (χ0v) is 60.6. The minimum atomic E-state index is -1.49. The van der Waals surface area contributed by atoms with Crippen LogP contribution < -0.4 is 61.0 Å². The van der Waals surface area contributed by atoms with Crippen molar-refractivity contribution in [3.05, 3.63) is 119 Å². The van der Waals surface area contributed by atoms with Crippen molar-refractivity contribution in [2.45, 2.75) is 180 Å². The number of carboxylic acid groups (broad SMARTS) is 3. The van der Waals surface area contributed by atoms with Crippen LogP contribution in [0, 0.1) is 11.8 Å². The fourth-order valence-electron chi connectivity index (χ4n) is 11.2. The van der Waals surface area contributed by atoms with E-state index in [0.29, 0.717) is 66.7 Å². The number of aliphatic hydroxyl groups is 1. The lowest BCUT2D eigenvalue weighted by molar-refractivity contribution is -0.149. The van der Waals surface area contributed by atoms with E-state index in [1.54, 1.807) is 27.7 Å². The van der Waals surface area contributed by atoms with Crippen LogP contribution in [0.1, 0.15) is 127 Å². The van der Waals surface area contributed by atoms with Crippen LogP contribution in [0.4, 0.5) is 0 Å². The molecular weight excluding hydrogens is 1400 g/mol. The molecule has 576 valence electrons. The van der Waals surface area contributed by atoms with Gasteiger partial charge >= 0.3 is 17.9 Å². The quantitative estimate of drug-likeness (QED) is 0.0144. The molecule has 7 rings (SSSR count). The second-order valence-corrected chi connectivity index (χ2v) is 26.0. The van der Waals surface area contributed by atoms with E-state index in [-0.39, 0.29) is 69.5 Å². The number of H-pyrrole nitrogens is 2. The van der Waals surface area contributed by atoms with Crippen molar-refractivity contribution in [2.24, 2.45) is 56.2 Å². The number of aliphatic carboxylic acids is 3. The number of hydrogen-bond acceptors (Lipinski definition) is 20. The maximum Gasteiger partial charge on any atom is 0.326 e. The van der Waals surface area contributed by atoms with Crippen molar-refractivity contribution in [3.63, 3.8) is 0 Å². The molecule has 1 aliphatic heterocycles. The number of unbranched alkanes of at least 4 members (excludes halogenated alkanes) is 1. The molecule has 4 heterocycles. The topological polar surface area (TPSA) is 600 Å². The van der Waals surface area contributed by atoms with Gasteiger partial charge in [0.15, 0.2) is 17.1 Å². The summed E-state index contributed by atoms with van der Waals surface area (Å²) in [4.78, 5) is 137. The number of aromatic nitrogens is 8. The van der Waals surface area contributed by atoms with Gasteiger partial charge < -0.3 is 101 Å². The van der Waals surface area contributed by atoms with E-state index in [4.69, 9.17) is 56.2 Å². The van der Waals surface area contributed by atoms with Crippen LogP contribution in [0.15, 0.2) is 95.3 Å². The highest BCUT2D eigenvalue weighted by Crippen LogP contribution is 2.31. The van der Waals surface area contributed by atoms with E-state index in [1.165, 1.54) is 41.7 Å². The Morgan fingerprint density at radius 1 is 0.708 bits per heavy atom. The van der Waals surface area contributed by atoms with Gasteiger partial charge in [-0.05, 0) is 96.4 Å². The van der Waals surface area contributed by atoms with Crippen molar-refractivity contribution in [1.29, 1.82) is 0 Å². The van der Waals surface area contributed by atoms with Gasteiger partial charge in [0.25, 0.3) is 0 Å². The van der Waals surface area contributed by atoms with Crippen LogP contribution in [0.3, 0.4) is 0 Å². The number of likely N-dealkylation sites (tertiary alicyclic amines) is 1. The second kappa shape index (κ2) is 43.2. The number of hydrogen-bond donors (Lipinski definition) is 18. The first-order valence-electron chi connectivity index (χ1n) is 34.6. The monoisotopic (exact) mass is 1490 g/mol. The molecular formula is C69H99ClN22O14. The molecule has 0 saturated carbocycles. The van der Waals surface area contributed by atoms with Gasteiger partial charge in [-0.3, -0.25) is 48.3 Å². The van der Waals surface area contributed by atoms with Gasteiger partial charge in [0, 0.05) is 62.9 Å². The number of aromatic amines is 2. The lowest BCUT2D eigenvalue weighted by Crippen LogP contribution is -2.62. The molecule has 9 atom stereocenters. The van der Waals surface area contributed by atoms with Crippen molar-refractivity contribution < 1.29 is 68.7 Å². The molecule has 36 nitrogen and oxygen atoms in total. The number of aromatic hydroxyl groups is 1. The first-order chi connectivity index (χ1) is 50.5. The van der Waals surface area contributed by atoms with Crippen LogP contribution in [0.2, 0.25) is 5.15 Å². The number of carboxylic acids is 3. The van der Waals surface area contributed by atoms with Crippen molar-refractivity contribution in [2.75, 3.05) is 19.6 Å². The highest BCUT2D eigenvalue weighted by Gasteiger charge is 2.40. The summed E-state index contributed by atoms with van der Waals surface area (Å²) in [5.74, 6) is -8.17. The van der Waals surface area contributed by atoms with E-state index in [0.717, 1.165) is 47.3 Å². The number of guanidine groups is 2. The van der Waals surface area contributed by atoms with Crippen molar-refractivity contribution in [3.8, 4) is 28.3 Å². The molecule has 0 spiro atoms. The molecule has 37 heteroatoms. The summed E-state index contributed by atoms with van der Waals surface area (Å²) in [6.45, 7) is 10.0. The van der Waals surface area contributed by atoms with Gasteiger partial charge in [-0.25, -0.2) is 14.8 Å². The Morgan fingerprint density at radius 3 is 1.88 bits per heavy atom. The number of rotatable bonds is 38. The molecule has 0 unspecified atom stereocenters. The molecule has 0 aliphatic carbocycles. The lowest BCUT2D eigenvalue weighted by atomic mass is 9.96. The summed E-state index contributed by atoms with van der Waals surface area (Å²) in [5, 5.41) is 75.0. The highest BCUT2D eigenvalue weighted by molar-refractivity contribution is 6.30. The number of halogens is 1. The van der Waals surface area contributed by atoms with Crippen molar-refractivity contribution in [1.82, 2.24) is 71.6 Å². The number of tetrazole rings is 1. The zero-order valence-electron chi connectivity index (χ0n) is 59.9. The lowest BCUT2D eigenvalue weighted by Gasteiger charge is -2.31. The number of carbonyl (C=O) groups excluding carboxylic acids is 6. The van der Waals surface area contributed by atoms with E-state index in [2.05, 4.69) is 103 Å². The van der Waals surface area contributed by atoms with Crippen LogP contribution in [-0.2, 0) is 75.6 Å². The number of benzene rings is 3. The maximum absolute atomic E-state index is 14.3. The smallest absolute Gasteiger partial charge is 0.326 e. The van der Waals surface area contributed by atoms with Gasteiger partial charge in [0.05, 0.1) is 31.1 Å². The third-order valence-electron chi connectivity index (χ3n) is 17.2. The molecule has 0 radical (unpaired) electrons. The van der Waals surface area contributed by atoms with Gasteiger partial charge in [-0.2, -0.15) is 5.21 Å². The van der Waals surface area contributed by atoms with Crippen LogP contribution >= 0.6 is 11.6 Å². The van der Waals surface area contributed by atoms with E-state index < -0.39 is 120 Å². The predicted molar refractivity (Wildman–Crippen MR) is 392 cm³/mol. The Bertz CT molecular complexity index is 3890. The van der Waals surface area contributed by atoms with E-state index in [9.17, 15) is 58.5 Å². The number of amides is 6. The zero-order chi connectivity index (χ0) is 78.2. The number of nitrogens with two attached hydrogens (primary N) is 6. The Hall–Kier alpha value is -11.1. The highest BCUT2D eigenvalue weighted by atomic mass is 35.5. The van der Waals surface area contributed by atoms with E-state index in [1.807, 2.05) is 28.8 Å². The van der Waals surface area contributed by atoms with Crippen molar-refractivity contribution >= 4 is 76.9 Å². The molecule has 24 N–H and O–H groups in total. The van der Waals surface area contributed by atoms with Gasteiger partial charge in [-0.15, -0.1) is 10.2 Å². The summed E-state index contributed by atoms with van der Waals surface area (Å²) < 4.78 is 2.03. The maximum atomic E-state index is 14.3. The Kier molecular flexibility index (Phi) is 34.9. The third-order valence-corrected chi connectivity index (χ3v) is 17.5. The summed E-state index contributed by atoms with van der Waals surface area (Å²) in [5.41, 5.74) is 37.6. The number of phenols is 1. The Morgan fingerprint density at radius 2 is 1.31 bits per heavy atom. The standard InChI is InChI=1S/C41H62N12O11.C22H23ClN6O.C6H14N4O2/c1-5-22(4)33(38(61)50-29(17-24-19-45-20-47-24)39(62)53-15-7-9-30(53)40(63)64)52-36(59)28(16-23-10-12-25(54)13-11-23)49-37(60)32(21(2)3)51-35(58)27(8-6-14-46-41(43)44)48-34(57)26(42)18-31(55)56;1-2-3-8-20-24-21(23)19(14-30)29(20)13-15-9-11-16(12-10-15)17-6-4-5-7-18(17)22-25-27-28-26-22;7-4(5(11)12)2-1-3-10-6(8)9/h10-13,19-22,26-30,32-33,54H,5-9,14-18,42H2,1-4H3,(H,45,47)(H,48,57)(H,49,60)(H,50,61)(H,51,58)(H,52,59)(H,55,56)(H,63,64)(H4,43,44,46);4-7,9-12,30H,2-3,8,13-14H2,1H3,(H,25,26,27,28);4H,1-3,7H2,(H,11,12)(H4,8,9,10)/t22-,26-,27-,28-,29-,30-,32-,33-;;4-/m0.0/s1. The molecule has 3 aromatic heterocycles. The number of phenolic OH excluding ortho intramolecular Hbond substituents is 1. The predicted octanol–water partition coefficient (Wildman–Crippen LogP) is 0.676. The van der Waals surface area contributed by atoms with Crippen LogP contribution in [-0.4, -0.2) is 204 Å². The molecule has 106 heavy (non-hydrogen) atoms. The Labute approximate surface area is 617 Å². The van der Waals surface area contributed by atoms with E-state index >= 15 is 0 Å². The largest absolute Gasteiger partial charge is 0.508 e. The average molecular weight is 1500 g/mol. The number of aryl methyl sites for hydroxylation is 1. The molecule has 0 bridgehead atoms. The van der Waals surface area contributed by atoms with Gasteiger partial charge in [-0.1, -0.05) is 120 Å². The molecule has 1 aliphatic rings. The van der Waals surface area contributed by atoms with Crippen LogP contribution in [0.25, 0.3) is 22.5 Å². The van der Waals surface area contributed by atoms with Crippen LogP contribution in [0.5, 0.6) is 5.75 Å². The summed E-state index contributed by atoms with van der Waals surface area (Å²) in [6.07, 6.45) is 7.05. The number of aliphatic hydroxyl groups excluding tert-OH is 1. The molecule has 1 saturated heterocycles. The SMILES string of the molecule is CCCCc1nc(Cl)c(CO)n1Cc1ccc(-c2ccccc2-c2nn[nH]n2)cc1.CC[C@H](C)[C@H](NC(=O)[C@H](Cc1ccc(O)cc1)NC(=O)[C@@H](NC(=O)[C@H](CCCN=C(N)N)NC(=O)[C@@H](N)CC(=O)O)C(C)C)C(=O)N[C@@H](Cc1cnc[nH]1)C(=O)N1CCC[C@H]1C(=O)O.NC(N)=NCCC[C@H](N)C(=O)O. The number of nitrogens with zero attached hydrogens (tertiary/aromatic N) is 9. The van der Waals surface area contributed by atoms with Gasteiger partial charge in [0.1, 0.15) is 53.9 Å².